The number of β-lactam (4-membered cyclic amide) rings is 1. The summed E-state index contributed by atoms with van der Waals surface area (Å²) in [7, 11) is 1.29. The van der Waals surface area contributed by atoms with Gasteiger partial charge in [0.1, 0.15) is 35.7 Å². The molecular weight excluding hydrogens is 508 g/mol. The Labute approximate surface area is 213 Å². The van der Waals surface area contributed by atoms with Gasteiger partial charge in [-0.05, 0) is 24.6 Å². The van der Waals surface area contributed by atoms with Crippen molar-refractivity contribution >= 4 is 51.7 Å². The van der Waals surface area contributed by atoms with E-state index < -0.39 is 29.2 Å². The molecule has 0 aromatic carbocycles. The van der Waals surface area contributed by atoms with Crippen LogP contribution in [0.5, 0.6) is 0 Å². The first-order chi connectivity index (χ1) is 17.3. The molecule has 2 atom stereocenters. The summed E-state index contributed by atoms with van der Waals surface area (Å²) in [5, 5.41) is 19.4. The zero-order valence-electron chi connectivity index (χ0n) is 19.2. The van der Waals surface area contributed by atoms with Gasteiger partial charge in [0.15, 0.2) is 10.8 Å². The SMILES string of the molecule is CO/N=C(\C(=O)N[C@@H]1C(=O)N2C(C(=O)O)=C(CN3C=CN4NC(C)=CC=C34)CS[C@@H]12)c1csc(N)n1. The summed E-state index contributed by atoms with van der Waals surface area (Å²) < 4.78 is 0. The smallest absolute Gasteiger partial charge is 0.352 e. The number of amides is 2. The van der Waals surface area contributed by atoms with Crippen molar-refractivity contribution in [1.29, 1.82) is 0 Å². The summed E-state index contributed by atoms with van der Waals surface area (Å²) in [6.07, 6.45) is 7.55. The Morgan fingerprint density at radius 3 is 2.89 bits per heavy atom. The van der Waals surface area contributed by atoms with Gasteiger partial charge in [-0.2, -0.15) is 0 Å². The summed E-state index contributed by atoms with van der Waals surface area (Å²) in [6, 6.07) is -0.919. The molecule has 2 amide bonds. The number of oxime groups is 1. The highest BCUT2D eigenvalue weighted by molar-refractivity contribution is 8.00. The van der Waals surface area contributed by atoms with Gasteiger partial charge >= 0.3 is 5.97 Å². The van der Waals surface area contributed by atoms with E-state index in [-0.39, 0.29) is 22.2 Å². The fraction of sp³-hybridized carbons (Fsp3) is 0.286. The van der Waals surface area contributed by atoms with Crippen molar-refractivity contribution in [3.8, 4) is 0 Å². The lowest BCUT2D eigenvalue weighted by atomic mass is 10.0. The van der Waals surface area contributed by atoms with Crippen molar-refractivity contribution in [3.63, 3.8) is 0 Å². The zero-order chi connectivity index (χ0) is 25.6. The number of aromatic nitrogens is 1. The molecular formula is C21H22N8O5S2. The van der Waals surface area contributed by atoms with E-state index in [1.807, 2.05) is 41.4 Å². The monoisotopic (exact) mass is 530 g/mol. The van der Waals surface area contributed by atoms with Gasteiger partial charge in [0.25, 0.3) is 11.8 Å². The molecule has 4 aliphatic heterocycles. The minimum atomic E-state index is -1.19. The molecule has 5 rings (SSSR count). The van der Waals surface area contributed by atoms with Crippen LogP contribution in [0.3, 0.4) is 0 Å². The third-order valence-corrected chi connectivity index (χ3v) is 7.79. The number of hydrazine groups is 1. The first kappa shape index (κ1) is 23.7. The number of nitrogens with two attached hydrogens (primary N) is 1. The largest absolute Gasteiger partial charge is 0.477 e. The van der Waals surface area contributed by atoms with Crippen LogP contribution in [0.4, 0.5) is 5.13 Å². The first-order valence-electron chi connectivity index (χ1n) is 10.7. The minimum Gasteiger partial charge on any atom is -0.477 e. The average molecular weight is 531 g/mol. The second-order valence-corrected chi connectivity index (χ2v) is 10.1. The fourth-order valence-electron chi connectivity index (χ4n) is 4.18. The van der Waals surface area contributed by atoms with Crippen molar-refractivity contribution in [2.75, 3.05) is 25.1 Å². The zero-order valence-corrected chi connectivity index (χ0v) is 20.8. The maximum atomic E-state index is 13.0. The fourth-order valence-corrected chi connectivity index (χ4v) is 6.06. The Kier molecular flexibility index (Phi) is 6.09. The average Bonchev–Trinajstić information content (AvgIpc) is 3.45. The molecule has 0 radical (unpaired) electrons. The van der Waals surface area contributed by atoms with E-state index >= 15 is 0 Å². The molecule has 4 aliphatic rings. The number of carbonyl (C=O) groups is 3. The van der Waals surface area contributed by atoms with E-state index in [0.29, 0.717) is 17.9 Å². The molecule has 1 saturated heterocycles. The molecule has 188 valence electrons. The van der Waals surface area contributed by atoms with Crippen LogP contribution in [0, 0.1) is 0 Å². The van der Waals surface area contributed by atoms with Gasteiger partial charge in [0.05, 0.1) is 0 Å². The molecule has 13 nitrogen and oxygen atoms in total. The van der Waals surface area contributed by atoms with Gasteiger partial charge in [0, 0.05) is 35.8 Å². The number of aliphatic carboxylic acids is 1. The van der Waals surface area contributed by atoms with E-state index in [1.54, 1.807) is 5.38 Å². The minimum absolute atomic E-state index is 0.0600. The van der Waals surface area contributed by atoms with Crippen LogP contribution in [0.2, 0.25) is 0 Å². The summed E-state index contributed by atoms with van der Waals surface area (Å²) in [5.41, 5.74) is 10.4. The molecule has 1 fully saturated rings. The number of carboxylic acid groups (broad SMARTS) is 1. The lowest BCUT2D eigenvalue weighted by Gasteiger charge is -2.49. The number of fused-ring (bicyclic) bond motifs is 2. The number of nitrogens with one attached hydrogen (secondary N) is 2. The van der Waals surface area contributed by atoms with Crippen molar-refractivity contribution in [2.24, 2.45) is 5.16 Å². The van der Waals surface area contributed by atoms with E-state index in [9.17, 15) is 19.5 Å². The first-order valence-corrected chi connectivity index (χ1v) is 12.6. The Bertz CT molecular complexity index is 1300. The Morgan fingerprint density at radius 1 is 1.39 bits per heavy atom. The molecule has 1 aromatic heterocycles. The third-order valence-electron chi connectivity index (χ3n) is 5.78. The van der Waals surface area contributed by atoms with Crippen LogP contribution in [0.1, 0.15) is 12.6 Å². The number of carbonyl (C=O) groups excluding carboxylic acids is 2. The van der Waals surface area contributed by atoms with Crippen LogP contribution in [-0.2, 0) is 19.2 Å². The molecule has 5 heterocycles. The number of carboxylic acids is 1. The molecule has 0 spiro atoms. The number of allylic oxidation sites excluding steroid dienone is 3. The lowest BCUT2D eigenvalue weighted by Crippen LogP contribution is -2.71. The predicted molar refractivity (Wildman–Crippen MR) is 132 cm³/mol. The van der Waals surface area contributed by atoms with Gasteiger partial charge < -0.3 is 25.9 Å². The van der Waals surface area contributed by atoms with Gasteiger partial charge in [0.2, 0.25) is 0 Å². The normalized spacial score (nSPS) is 22.9. The van der Waals surface area contributed by atoms with Crippen LogP contribution in [0.15, 0.2) is 57.9 Å². The maximum absolute atomic E-state index is 13.0. The second kappa shape index (κ2) is 9.23. The van der Waals surface area contributed by atoms with E-state index in [1.165, 1.54) is 23.8 Å². The Balaban J connectivity index is 1.33. The van der Waals surface area contributed by atoms with Gasteiger partial charge in [-0.15, -0.1) is 23.1 Å². The quantitative estimate of drug-likeness (QED) is 0.216. The van der Waals surface area contributed by atoms with E-state index in [4.69, 9.17) is 10.6 Å². The number of rotatable bonds is 7. The van der Waals surface area contributed by atoms with Crippen LogP contribution in [-0.4, -0.2) is 79.2 Å². The molecule has 0 aliphatic carbocycles. The second-order valence-electron chi connectivity index (χ2n) is 8.09. The summed E-state index contributed by atoms with van der Waals surface area (Å²) >= 11 is 2.52. The Hall–Kier alpha value is -3.98. The molecule has 1 aromatic rings. The van der Waals surface area contributed by atoms with Gasteiger partial charge in [-0.25, -0.2) is 14.8 Å². The molecule has 36 heavy (non-hydrogen) atoms. The molecule has 0 saturated carbocycles. The number of hydrogen-bond acceptors (Lipinski definition) is 12. The summed E-state index contributed by atoms with van der Waals surface area (Å²) in [5.74, 6) is -1.16. The van der Waals surface area contributed by atoms with Crippen molar-refractivity contribution in [3.05, 3.63) is 58.4 Å². The van der Waals surface area contributed by atoms with Crippen molar-refractivity contribution in [1.82, 2.24) is 30.5 Å². The number of thioether (sulfide) groups is 1. The molecule has 0 bridgehead atoms. The molecule has 5 N–H and O–H groups in total. The van der Waals surface area contributed by atoms with Crippen LogP contribution in [0.25, 0.3) is 0 Å². The number of thiazole rings is 1. The van der Waals surface area contributed by atoms with Crippen LogP contribution >= 0.6 is 23.1 Å². The lowest BCUT2D eigenvalue weighted by molar-refractivity contribution is -0.150. The van der Waals surface area contributed by atoms with E-state index in [0.717, 1.165) is 22.9 Å². The topological polar surface area (TPSA) is 166 Å². The number of hydrogen-bond donors (Lipinski definition) is 4. The highest BCUT2D eigenvalue weighted by Gasteiger charge is 2.54. The van der Waals surface area contributed by atoms with E-state index in [2.05, 4.69) is 20.9 Å². The Morgan fingerprint density at radius 2 is 2.19 bits per heavy atom. The highest BCUT2D eigenvalue weighted by Crippen LogP contribution is 2.41. The standard InChI is InChI=1S/C21H22N8O5S2/c1-10-3-4-13-27(5-6-28(13)25-10)7-11-8-35-19-15(18(31)29(19)16(11)20(32)33)24-17(30)14(26-34-2)12-9-36-21(22)23-12/h3-6,9,15,19,25H,7-8H2,1-2H3,(H2,22,23)(H,24,30)(H,32,33)/b26-14-/t15-,19+/m1/s1. The summed E-state index contributed by atoms with van der Waals surface area (Å²) in [6.45, 7) is 2.24. The van der Waals surface area contributed by atoms with Crippen LogP contribution < -0.4 is 16.5 Å². The predicted octanol–water partition coefficient (Wildman–Crippen LogP) is 0.167. The molecule has 15 heteroatoms. The van der Waals surface area contributed by atoms with Crippen molar-refractivity contribution < 1.29 is 24.3 Å². The number of nitrogen functional groups attached to an aromatic ring is 1. The molecule has 0 unspecified atom stereocenters. The number of nitrogens with zero attached hydrogens (tertiary/aromatic N) is 5. The van der Waals surface area contributed by atoms with Gasteiger partial charge in [-0.1, -0.05) is 5.16 Å². The van der Waals surface area contributed by atoms with Crippen molar-refractivity contribution in [2.45, 2.75) is 18.3 Å². The number of anilines is 1. The van der Waals surface area contributed by atoms with Gasteiger partial charge in [-0.3, -0.25) is 19.9 Å². The summed E-state index contributed by atoms with van der Waals surface area (Å²) in [4.78, 5) is 50.1. The third kappa shape index (κ3) is 4.05. The highest BCUT2D eigenvalue weighted by atomic mass is 32.2. The maximum Gasteiger partial charge on any atom is 0.352 e.